The molecule has 3 nitrogen and oxygen atoms in total. The van der Waals surface area contributed by atoms with E-state index in [-0.39, 0.29) is 19.3 Å². The Kier molecular flexibility index (Phi) is 4.55. The van der Waals surface area contributed by atoms with Gasteiger partial charge in [0, 0.05) is 11.6 Å². The van der Waals surface area contributed by atoms with E-state index in [1.807, 2.05) is 36.4 Å². The summed E-state index contributed by atoms with van der Waals surface area (Å²) in [4.78, 5) is 0. The minimum absolute atomic E-state index is 0.0883. The van der Waals surface area contributed by atoms with Gasteiger partial charge in [0.05, 0.1) is 19.3 Å². The molecule has 0 aliphatic rings. The van der Waals surface area contributed by atoms with Crippen LogP contribution >= 0.6 is 11.6 Å². The highest BCUT2D eigenvalue weighted by Crippen LogP contribution is 2.23. The van der Waals surface area contributed by atoms with Crippen molar-refractivity contribution in [3.05, 3.63) is 47.0 Å². The van der Waals surface area contributed by atoms with Gasteiger partial charge in [0.1, 0.15) is 0 Å². The van der Waals surface area contributed by atoms with Crippen molar-refractivity contribution in [2.75, 3.05) is 13.2 Å². The van der Waals surface area contributed by atoms with E-state index in [2.05, 4.69) is 5.32 Å². The lowest BCUT2D eigenvalue weighted by Gasteiger charge is -2.14. The molecule has 0 fully saturated rings. The molecule has 96 valence electrons. The molecule has 0 unspecified atom stereocenters. The molecule has 3 N–H and O–H groups in total. The number of hydrogen-bond donors (Lipinski definition) is 3. The van der Waals surface area contributed by atoms with Gasteiger partial charge in [0.15, 0.2) is 0 Å². The molecule has 0 heterocycles. The minimum atomic E-state index is -0.303. The molecule has 0 bridgehead atoms. The van der Waals surface area contributed by atoms with Crippen molar-refractivity contribution in [1.29, 1.82) is 0 Å². The molecule has 0 spiro atoms. The van der Waals surface area contributed by atoms with Crippen molar-refractivity contribution < 1.29 is 10.2 Å². The van der Waals surface area contributed by atoms with E-state index >= 15 is 0 Å². The summed E-state index contributed by atoms with van der Waals surface area (Å²) in [6.45, 7) is 0.386. The monoisotopic (exact) mass is 265 g/mol. The molecule has 0 amide bonds. The van der Waals surface area contributed by atoms with Crippen LogP contribution in [-0.4, -0.2) is 29.5 Å². The molecule has 2 aromatic rings. The minimum Gasteiger partial charge on any atom is -0.395 e. The lowest BCUT2D eigenvalue weighted by atomic mass is 10.0. The predicted molar refractivity (Wildman–Crippen MR) is 73.8 cm³/mol. The summed E-state index contributed by atoms with van der Waals surface area (Å²) < 4.78 is 0. The summed E-state index contributed by atoms with van der Waals surface area (Å²) in [6, 6.07) is 11.5. The molecule has 2 rings (SSSR count). The van der Waals surface area contributed by atoms with Gasteiger partial charge in [-0.1, -0.05) is 35.9 Å². The highest BCUT2D eigenvalue weighted by atomic mass is 35.5. The molecule has 0 aliphatic heterocycles. The zero-order valence-electron chi connectivity index (χ0n) is 9.94. The van der Waals surface area contributed by atoms with Crippen LogP contribution in [0.15, 0.2) is 36.4 Å². The lowest BCUT2D eigenvalue weighted by molar-refractivity contribution is 0.170. The summed E-state index contributed by atoms with van der Waals surface area (Å²) in [5.41, 5.74) is 1.06. The number of rotatable bonds is 5. The first kappa shape index (κ1) is 13.3. The zero-order chi connectivity index (χ0) is 13.0. The topological polar surface area (TPSA) is 52.5 Å². The lowest BCUT2D eigenvalue weighted by Crippen LogP contribution is -2.35. The van der Waals surface area contributed by atoms with Gasteiger partial charge in [0.2, 0.25) is 0 Å². The quantitative estimate of drug-likeness (QED) is 0.774. The van der Waals surface area contributed by atoms with Gasteiger partial charge in [-0.15, -0.1) is 0 Å². The second kappa shape index (κ2) is 6.16. The van der Waals surface area contributed by atoms with Gasteiger partial charge in [-0.25, -0.2) is 0 Å². The van der Waals surface area contributed by atoms with Crippen molar-refractivity contribution in [2.24, 2.45) is 0 Å². The van der Waals surface area contributed by atoms with Gasteiger partial charge in [-0.05, 0) is 28.5 Å². The van der Waals surface area contributed by atoms with Crippen molar-refractivity contribution in [3.8, 4) is 0 Å². The van der Waals surface area contributed by atoms with Crippen LogP contribution in [0.25, 0.3) is 10.8 Å². The van der Waals surface area contributed by atoms with Crippen LogP contribution in [0.5, 0.6) is 0 Å². The Morgan fingerprint density at radius 3 is 2.56 bits per heavy atom. The molecule has 0 radical (unpaired) electrons. The van der Waals surface area contributed by atoms with Crippen LogP contribution < -0.4 is 5.32 Å². The Balaban J connectivity index is 2.26. The standard InChI is InChI=1S/C14H16ClNO2/c15-12-5-10-3-1-2-4-14(10)11(6-12)7-16-13(8-17)9-18/h1-6,13,16-18H,7-9H2. The molecule has 0 saturated carbocycles. The SMILES string of the molecule is OCC(CO)NCc1cc(Cl)cc2ccccc12. The van der Waals surface area contributed by atoms with Crippen molar-refractivity contribution in [2.45, 2.75) is 12.6 Å². The van der Waals surface area contributed by atoms with E-state index in [1.54, 1.807) is 0 Å². The van der Waals surface area contributed by atoms with Crippen LogP contribution in [0.4, 0.5) is 0 Å². The number of aliphatic hydroxyl groups excluding tert-OH is 2. The number of hydrogen-bond acceptors (Lipinski definition) is 3. The number of benzene rings is 2. The first-order chi connectivity index (χ1) is 8.74. The van der Waals surface area contributed by atoms with Crippen LogP contribution in [0.2, 0.25) is 5.02 Å². The number of aliphatic hydroxyl groups is 2. The predicted octanol–water partition coefficient (Wildman–Crippen LogP) is 1.94. The molecular formula is C14H16ClNO2. The highest BCUT2D eigenvalue weighted by molar-refractivity contribution is 6.31. The van der Waals surface area contributed by atoms with Gasteiger partial charge in [-0.3, -0.25) is 0 Å². The summed E-state index contributed by atoms with van der Waals surface area (Å²) in [5, 5.41) is 24.1. The third-order valence-electron chi connectivity index (χ3n) is 2.93. The van der Waals surface area contributed by atoms with Gasteiger partial charge < -0.3 is 15.5 Å². The summed E-state index contributed by atoms with van der Waals surface area (Å²) in [6.07, 6.45) is 0. The maximum atomic E-state index is 9.02. The average molecular weight is 266 g/mol. The first-order valence-corrected chi connectivity index (χ1v) is 6.24. The number of halogens is 1. The van der Waals surface area contributed by atoms with E-state index in [9.17, 15) is 0 Å². The second-order valence-electron chi connectivity index (χ2n) is 4.23. The molecule has 0 atom stereocenters. The molecule has 18 heavy (non-hydrogen) atoms. The highest BCUT2D eigenvalue weighted by Gasteiger charge is 2.07. The first-order valence-electron chi connectivity index (χ1n) is 5.87. The van der Waals surface area contributed by atoms with Gasteiger partial charge in [0.25, 0.3) is 0 Å². The van der Waals surface area contributed by atoms with Gasteiger partial charge in [-0.2, -0.15) is 0 Å². The third kappa shape index (κ3) is 3.00. The summed E-state index contributed by atoms with van der Waals surface area (Å²) in [7, 11) is 0. The molecule has 2 aromatic carbocycles. The Bertz CT molecular complexity index is 526. The fourth-order valence-corrected chi connectivity index (χ4v) is 2.19. The maximum Gasteiger partial charge on any atom is 0.0607 e. The third-order valence-corrected chi connectivity index (χ3v) is 3.15. The van der Waals surface area contributed by atoms with Crippen LogP contribution in [-0.2, 0) is 6.54 Å². The summed E-state index contributed by atoms with van der Waals surface area (Å²) >= 11 is 6.08. The van der Waals surface area contributed by atoms with Crippen LogP contribution in [0, 0.1) is 0 Å². The Labute approximate surface area is 111 Å². The van der Waals surface area contributed by atoms with Crippen molar-refractivity contribution >= 4 is 22.4 Å². The van der Waals surface area contributed by atoms with E-state index in [1.165, 1.54) is 0 Å². The largest absolute Gasteiger partial charge is 0.395 e. The zero-order valence-corrected chi connectivity index (χ0v) is 10.7. The molecule has 0 saturated heterocycles. The molecule has 0 aliphatic carbocycles. The Hall–Kier alpha value is -1.13. The maximum absolute atomic E-state index is 9.02. The Morgan fingerprint density at radius 1 is 1.11 bits per heavy atom. The van der Waals surface area contributed by atoms with Gasteiger partial charge >= 0.3 is 0 Å². The average Bonchev–Trinajstić information content (AvgIpc) is 2.39. The number of fused-ring (bicyclic) bond motifs is 1. The summed E-state index contributed by atoms with van der Waals surface area (Å²) in [5.74, 6) is 0. The number of nitrogens with one attached hydrogen (secondary N) is 1. The smallest absolute Gasteiger partial charge is 0.0607 e. The van der Waals surface area contributed by atoms with E-state index < -0.39 is 0 Å². The fraction of sp³-hybridized carbons (Fsp3) is 0.286. The van der Waals surface area contributed by atoms with Crippen LogP contribution in [0.3, 0.4) is 0 Å². The second-order valence-corrected chi connectivity index (χ2v) is 4.67. The van der Waals surface area contributed by atoms with E-state index in [0.717, 1.165) is 16.3 Å². The normalized spacial score (nSPS) is 11.3. The fourth-order valence-electron chi connectivity index (χ4n) is 1.94. The van der Waals surface area contributed by atoms with Crippen molar-refractivity contribution in [3.63, 3.8) is 0 Å². The molecule has 0 aromatic heterocycles. The Morgan fingerprint density at radius 2 is 1.83 bits per heavy atom. The van der Waals surface area contributed by atoms with E-state index in [0.29, 0.717) is 11.6 Å². The van der Waals surface area contributed by atoms with Crippen LogP contribution in [0.1, 0.15) is 5.56 Å². The molecular weight excluding hydrogens is 250 g/mol. The van der Waals surface area contributed by atoms with Crippen molar-refractivity contribution in [1.82, 2.24) is 5.32 Å². The molecule has 4 heteroatoms. The van der Waals surface area contributed by atoms with E-state index in [4.69, 9.17) is 21.8 Å².